The highest BCUT2D eigenvalue weighted by molar-refractivity contribution is 6.00. The number of hydrogen-bond acceptors (Lipinski definition) is 1. The number of benzene rings is 2. The first-order valence-electron chi connectivity index (χ1n) is 5.44. The molecule has 0 amide bonds. The van der Waals surface area contributed by atoms with Gasteiger partial charge in [-0.1, -0.05) is 51.1 Å². The zero-order valence-corrected chi connectivity index (χ0v) is 9.87. The Balaban J connectivity index is 2.85. The summed E-state index contributed by atoms with van der Waals surface area (Å²) in [4.78, 5) is 10.9. The van der Waals surface area contributed by atoms with Gasteiger partial charge in [-0.3, -0.25) is 4.79 Å². The van der Waals surface area contributed by atoms with E-state index >= 15 is 0 Å². The molecule has 0 aliphatic carbocycles. The lowest BCUT2D eigenvalue weighted by Crippen LogP contribution is -2.11. The molecular formula is C15H15O. The Labute approximate surface area is 96.1 Å². The molecule has 1 radical (unpaired) electrons. The lowest BCUT2D eigenvalue weighted by Gasteiger charge is -2.21. The summed E-state index contributed by atoms with van der Waals surface area (Å²) in [5.74, 6) is 0. The van der Waals surface area contributed by atoms with E-state index in [0.717, 1.165) is 10.8 Å². The maximum Gasteiger partial charge on any atom is 0.234 e. The van der Waals surface area contributed by atoms with Crippen molar-refractivity contribution in [2.75, 3.05) is 0 Å². The third-order valence-corrected chi connectivity index (χ3v) is 2.84. The van der Waals surface area contributed by atoms with Gasteiger partial charge in [0.2, 0.25) is 6.29 Å². The smallest absolute Gasteiger partial charge is 0.234 e. The van der Waals surface area contributed by atoms with Gasteiger partial charge in [0.1, 0.15) is 0 Å². The maximum atomic E-state index is 10.9. The van der Waals surface area contributed by atoms with Crippen LogP contribution in [-0.2, 0) is 10.2 Å². The molecule has 0 unspecified atom stereocenters. The van der Waals surface area contributed by atoms with Crippen LogP contribution >= 0.6 is 0 Å². The second-order valence-electron chi connectivity index (χ2n) is 5.06. The molecule has 0 saturated carbocycles. The van der Waals surface area contributed by atoms with Crippen molar-refractivity contribution in [1.82, 2.24) is 0 Å². The standard InChI is InChI=1S/C15H15O/c1-15(2,3)14-9-8-11(10-16)12-6-4-5-7-13(12)14/h4-9H,1-3H3. The summed E-state index contributed by atoms with van der Waals surface area (Å²) < 4.78 is 0. The average molecular weight is 211 g/mol. The van der Waals surface area contributed by atoms with Gasteiger partial charge in [0.05, 0.1) is 0 Å². The molecular weight excluding hydrogens is 196 g/mol. The van der Waals surface area contributed by atoms with Crippen molar-refractivity contribution in [1.29, 1.82) is 0 Å². The first kappa shape index (κ1) is 10.9. The quantitative estimate of drug-likeness (QED) is 0.704. The molecule has 0 spiro atoms. The van der Waals surface area contributed by atoms with Gasteiger partial charge in [-0.25, -0.2) is 0 Å². The molecule has 0 atom stereocenters. The molecule has 0 N–H and O–H groups in total. The van der Waals surface area contributed by atoms with Crippen LogP contribution in [0.5, 0.6) is 0 Å². The maximum absolute atomic E-state index is 10.9. The molecule has 0 saturated heterocycles. The zero-order valence-electron chi connectivity index (χ0n) is 9.87. The number of rotatable bonds is 1. The molecule has 2 aromatic rings. The van der Waals surface area contributed by atoms with Gasteiger partial charge in [0.15, 0.2) is 0 Å². The summed E-state index contributed by atoms with van der Waals surface area (Å²) in [6.07, 6.45) is 2.00. The highest BCUT2D eigenvalue weighted by Crippen LogP contribution is 2.31. The summed E-state index contributed by atoms with van der Waals surface area (Å²) in [5, 5.41) is 2.14. The fourth-order valence-corrected chi connectivity index (χ4v) is 2.04. The van der Waals surface area contributed by atoms with Crippen molar-refractivity contribution < 1.29 is 4.79 Å². The van der Waals surface area contributed by atoms with E-state index in [1.54, 1.807) is 0 Å². The minimum absolute atomic E-state index is 0.0843. The lowest BCUT2D eigenvalue weighted by atomic mass is 9.83. The van der Waals surface area contributed by atoms with Crippen molar-refractivity contribution in [2.45, 2.75) is 26.2 Å². The highest BCUT2D eigenvalue weighted by Gasteiger charge is 2.17. The molecule has 16 heavy (non-hydrogen) atoms. The normalized spacial score (nSPS) is 11.7. The SMILES string of the molecule is CC(C)(C)c1ccc([C]=O)c2ccccc12. The number of carbonyl (C=O) groups excluding carboxylic acids is 1. The topological polar surface area (TPSA) is 17.1 Å². The fraction of sp³-hybridized carbons (Fsp3) is 0.267. The molecule has 81 valence electrons. The van der Waals surface area contributed by atoms with E-state index in [4.69, 9.17) is 0 Å². The van der Waals surface area contributed by atoms with Crippen LogP contribution in [0.4, 0.5) is 0 Å². The Kier molecular flexibility index (Phi) is 2.55. The fourth-order valence-electron chi connectivity index (χ4n) is 2.04. The molecule has 2 rings (SSSR count). The van der Waals surface area contributed by atoms with Crippen molar-refractivity contribution >= 4 is 17.1 Å². The zero-order chi connectivity index (χ0) is 11.8. The Morgan fingerprint density at radius 3 is 2.12 bits per heavy atom. The van der Waals surface area contributed by atoms with Crippen LogP contribution in [0.1, 0.15) is 31.9 Å². The van der Waals surface area contributed by atoms with Crippen molar-refractivity contribution in [3.63, 3.8) is 0 Å². The Hall–Kier alpha value is -1.63. The van der Waals surface area contributed by atoms with E-state index in [-0.39, 0.29) is 5.41 Å². The summed E-state index contributed by atoms with van der Waals surface area (Å²) >= 11 is 0. The monoisotopic (exact) mass is 211 g/mol. The van der Waals surface area contributed by atoms with Crippen LogP contribution in [0, 0.1) is 0 Å². The first-order chi connectivity index (χ1) is 7.54. The largest absolute Gasteiger partial charge is 0.285 e. The van der Waals surface area contributed by atoms with E-state index in [0.29, 0.717) is 5.56 Å². The molecule has 0 aromatic heterocycles. The lowest BCUT2D eigenvalue weighted by molar-refractivity contribution is 0.563. The average Bonchev–Trinajstić information content (AvgIpc) is 2.26. The minimum atomic E-state index is 0.0843. The molecule has 0 aliphatic heterocycles. The molecule has 2 aromatic carbocycles. The van der Waals surface area contributed by atoms with E-state index in [1.807, 2.05) is 36.6 Å². The van der Waals surface area contributed by atoms with Crippen LogP contribution in [0.3, 0.4) is 0 Å². The summed E-state index contributed by atoms with van der Waals surface area (Å²) in [6, 6.07) is 11.9. The van der Waals surface area contributed by atoms with Crippen molar-refractivity contribution in [3.8, 4) is 0 Å². The van der Waals surface area contributed by atoms with Gasteiger partial charge < -0.3 is 0 Å². The van der Waals surface area contributed by atoms with Crippen LogP contribution in [0.25, 0.3) is 10.8 Å². The molecule has 0 heterocycles. The van der Waals surface area contributed by atoms with E-state index in [9.17, 15) is 4.79 Å². The van der Waals surface area contributed by atoms with Gasteiger partial charge in [0.25, 0.3) is 0 Å². The summed E-state index contributed by atoms with van der Waals surface area (Å²) in [6.45, 7) is 6.54. The van der Waals surface area contributed by atoms with Crippen molar-refractivity contribution in [3.05, 3.63) is 47.5 Å². The van der Waals surface area contributed by atoms with Gasteiger partial charge in [0, 0.05) is 5.56 Å². The Morgan fingerprint density at radius 2 is 1.56 bits per heavy atom. The van der Waals surface area contributed by atoms with Crippen molar-refractivity contribution in [2.24, 2.45) is 0 Å². The predicted octanol–water partition coefficient (Wildman–Crippen LogP) is 3.60. The van der Waals surface area contributed by atoms with E-state index < -0.39 is 0 Å². The van der Waals surface area contributed by atoms with Gasteiger partial charge in [-0.2, -0.15) is 0 Å². The Bertz CT molecular complexity index is 533. The van der Waals surface area contributed by atoms with Gasteiger partial charge >= 0.3 is 0 Å². The second kappa shape index (κ2) is 3.75. The highest BCUT2D eigenvalue weighted by atomic mass is 16.1. The van der Waals surface area contributed by atoms with E-state index in [2.05, 4.69) is 26.8 Å². The molecule has 0 fully saturated rings. The van der Waals surface area contributed by atoms with Crippen LogP contribution in [0.15, 0.2) is 36.4 Å². The second-order valence-corrected chi connectivity index (χ2v) is 5.06. The molecule has 0 bridgehead atoms. The van der Waals surface area contributed by atoms with Crippen LogP contribution < -0.4 is 0 Å². The molecule has 1 nitrogen and oxygen atoms in total. The predicted molar refractivity (Wildman–Crippen MR) is 67.4 cm³/mol. The third-order valence-electron chi connectivity index (χ3n) is 2.84. The third kappa shape index (κ3) is 1.73. The molecule has 0 aliphatic rings. The first-order valence-corrected chi connectivity index (χ1v) is 5.44. The van der Waals surface area contributed by atoms with Gasteiger partial charge in [-0.15, -0.1) is 0 Å². The van der Waals surface area contributed by atoms with Gasteiger partial charge in [-0.05, 0) is 27.8 Å². The Morgan fingerprint density at radius 1 is 0.938 bits per heavy atom. The summed E-state index contributed by atoms with van der Waals surface area (Å²) in [7, 11) is 0. The van der Waals surface area contributed by atoms with Crippen LogP contribution in [0.2, 0.25) is 0 Å². The number of fused-ring (bicyclic) bond motifs is 1. The molecule has 1 heteroatoms. The van der Waals surface area contributed by atoms with E-state index in [1.165, 1.54) is 5.56 Å². The minimum Gasteiger partial charge on any atom is -0.285 e. The van der Waals surface area contributed by atoms with Crippen LogP contribution in [-0.4, -0.2) is 6.29 Å². The number of hydrogen-bond donors (Lipinski definition) is 0. The summed E-state index contributed by atoms with van der Waals surface area (Å²) in [5.41, 5.74) is 1.99.